The minimum atomic E-state index is 0.126. The van der Waals surface area contributed by atoms with Gasteiger partial charge in [0.05, 0.1) is 6.54 Å². The third-order valence-corrected chi connectivity index (χ3v) is 1.32. The molecule has 0 aliphatic heterocycles. The second-order valence-corrected chi connectivity index (χ2v) is 2.23. The van der Waals surface area contributed by atoms with Gasteiger partial charge in [-0.2, -0.15) is 5.26 Å². The van der Waals surface area contributed by atoms with Crippen LogP contribution >= 0.6 is 0 Å². The molecular weight excluding hydrogens is 178 g/mol. The van der Waals surface area contributed by atoms with E-state index in [9.17, 15) is 0 Å². The highest BCUT2D eigenvalue weighted by Gasteiger charge is 1.91. The summed E-state index contributed by atoms with van der Waals surface area (Å²) in [5.41, 5.74) is 8.99. The van der Waals surface area contributed by atoms with E-state index < -0.39 is 0 Å². The van der Waals surface area contributed by atoms with Gasteiger partial charge in [-0.3, -0.25) is 0 Å². The van der Waals surface area contributed by atoms with Crippen molar-refractivity contribution >= 4 is 0 Å². The van der Waals surface area contributed by atoms with Crippen LogP contribution in [0.2, 0.25) is 0 Å². The van der Waals surface area contributed by atoms with E-state index in [2.05, 4.69) is 26.9 Å². The SMILES string of the molecule is N#Cc1cc(C#CCN=[N+]=[N-])ccn1. The third-order valence-electron chi connectivity index (χ3n) is 1.32. The zero-order valence-electron chi connectivity index (χ0n) is 7.18. The van der Waals surface area contributed by atoms with Crippen molar-refractivity contribution in [1.29, 1.82) is 5.26 Å². The van der Waals surface area contributed by atoms with Crippen molar-refractivity contribution in [3.8, 4) is 17.9 Å². The van der Waals surface area contributed by atoms with Crippen molar-refractivity contribution in [2.75, 3.05) is 6.54 Å². The molecule has 0 radical (unpaired) electrons. The van der Waals surface area contributed by atoms with Crippen molar-refractivity contribution < 1.29 is 0 Å². The average Bonchev–Trinajstić information content (AvgIpc) is 2.25. The Morgan fingerprint density at radius 1 is 1.64 bits per heavy atom. The zero-order chi connectivity index (χ0) is 10.2. The number of azide groups is 1. The number of nitrogens with zero attached hydrogens (tertiary/aromatic N) is 5. The van der Waals surface area contributed by atoms with Crippen LogP contribution in [0.25, 0.3) is 10.4 Å². The molecule has 66 valence electrons. The molecule has 5 nitrogen and oxygen atoms in total. The summed E-state index contributed by atoms with van der Waals surface area (Å²) in [4.78, 5) is 6.35. The Kier molecular flexibility index (Phi) is 3.57. The number of rotatable bonds is 1. The summed E-state index contributed by atoms with van der Waals surface area (Å²) in [6, 6.07) is 5.17. The van der Waals surface area contributed by atoms with Gasteiger partial charge in [-0.05, 0) is 17.7 Å². The molecule has 1 heterocycles. The van der Waals surface area contributed by atoms with Gasteiger partial charge < -0.3 is 0 Å². The molecule has 0 unspecified atom stereocenters. The summed E-state index contributed by atoms with van der Waals surface area (Å²) < 4.78 is 0. The molecule has 0 saturated heterocycles. The van der Waals surface area contributed by atoms with Crippen LogP contribution in [0.4, 0.5) is 0 Å². The van der Waals surface area contributed by atoms with Crippen LogP contribution < -0.4 is 0 Å². The monoisotopic (exact) mass is 183 g/mol. The molecule has 5 heteroatoms. The topological polar surface area (TPSA) is 85.4 Å². The molecule has 0 aliphatic carbocycles. The summed E-state index contributed by atoms with van der Waals surface area (Å²) in [7, 11) is 0. The van der Waals surface area contributed by atoms with E-state index in [1.807, 2.05) is 6.07 Å². The molecule has 0 N–H and O–H groups in total. The summed E-state index contributed by atoms with van der Waals surface area (Å²) in [6.07, 6.45) is 1.51. The van der Waals surface area contributed by atoms with E-state index >= 15 is 0 Å². The lowest BCUT2D eigenvalue weighted by Crippen LogP contribution is -1.83. The van der Waals surface area contributed by atoms with Crippen LogP contribution in [0.3, 0.4) is 0 Å². The molecule has 0 aliphatic rings. The van der Waals surface area contributed by atoms with Crippen LogP contribution in [-0.2, 0) is 0 Å². The predicted octanol–water partition coefficient (Wildman–Crippen LogP) is 1.62. The highest BCUT2D eigenvalue weighted by Crippen LogP contribution is 1.97. The lowest BCUT2D eigenvalue weighted by Gasteiger charge is -1.88. The number of pyridine rings is 1. The van der Waals surface area contributed by atoms with Gasteiger partial charge in [0.15, 0.2) is 0 Å². The van der Waals surface area contributed by atoms with Crippen molar-refractivity contribution in [3.05, 3.63) is 40.0 Å². The van der Waals surface area contributed by atoms with E-state index in [0.717, 1.165) is 0 Å². The van der Waals surface area contributed by atoms with E-state index in [4.69, 9.17) is 10.8 Å². The van der Waals surface area contributed by atoms with E-state index in [-0.39, 0.29) is 6.54 Å². The maximum atomic E-state index is 8.54. The van der Waals surface area contributed by atoms with Crippen molar-refractivity contribution in [3.63, 3.8) is 0 Å². The number of hydrogen-bond donors (Lipinski definition) is 0. The Morgan fingerprint density at radius 3 is 3.21 bits per heavy atom. The fourth-order valence-electron chi connectivity index (χ4n) is 0.778. The Hall–Kier alpha value is -2.49. The lowest BCUT2D eigenvalue weighted by molar-refractivity contribution is 1.24. The Morgan fingerprint density at radius 2 is 2.50 bits per heavy atom. The van der Waals surface area contributed by atoms with Crippen LogP contribution in [0.1, 0.15) is 11.3 Å². The molecule has 0 saturated carbocycles. The summed E-state index contributed by atoms with van der Waals surface area (Å²) in [5.74, 6) is 5.39. The van der Waals surface area contributed by atoms with Gasteiger partial charge in [-0.15, -0.1) is 0 Å². The minimum absolute atomic E-state index is 0.126. The van der Waals surface area contributed by atoms with Crippen LogP contribution in [-0.4, -0.2) is 11.5 Å². The normalized spacial score (nSPS) is 7.64. The van der Waals surface area contributed by atoms with Gasteiger partial charge in [0.2, 0.25) is 0 Å². The van der Waals surface area contributed by atoms with Gasteiger partial charge in [0.1, 0.15) is 11.8 Å². The fourth-order valence-corrected chi connectivity index (χ4v) is 0.778. The van der Waals surface area contributed by atoms with Crippen LogP contribution in [0.15, 0.2) is 23.4 Å². The summed E-state index contributed by atoms with van der Waals surface area (Å²) in [6.45, 7) is 0.126. The number of nitriles is 1. The molecule has 1 rings (SSSR count). The quantitative estimate of drug-likeness (QED) is 0.286. The van der Waals surface area contributed by atoms with E-state index in [1.54, 1.807) is 12.1 Å². The largest absolute Gasteiger partial charge is 0.245 e. The predicted molar refractivity (Wildman–Crippen MR) is 49.8 cm³/mol. The minimum Gasteiger partial charge on any atom is -0.245 e. The van der Waals surface area contributed by atoms with Gasteiger partial charge in [0, 0.05) is 16.7 Å². The summed E-state index contributed by atoms with van der Waals surface area (Å²) >= 11 is 0. The maximum Gasteiger partial charge on any atom is 0.141 e. The van der Waals surface area contributed by atoms with E-state index in [0.29, 0.717) is 11.3 Å². The molecule has 0 spiro atoms. The molecule has 0 bridgehead atoms. The highest BCUT2D eigenvalue weighted by molar-refractivity contribution is 5.37. The average molecular weight is 183 g/mol. The first-order chi connectivity index (χ1) is 6.86. The zero-order valence-corrected chi connectivity index (χ0v) is 7.18. The summed E-state index contributed by atoms with van der Waals surface area (Å²) in [5, 5.41) is 11.8. The van der Waals surface area contributed by atoms with Crippen LogP contribution in [0.5, 0.6) is 0 Å². The Balaban J connectivity index is 2.80. The molecule has 14 heavy (non-hydrogen) atoms. The van der Waals surface area contributed by atoms with Crippen molar-refractivity contribution in [1.82, 2.24) is 4.98 Å². The van der Waals surface area contributed by atoms with Crippen molar-refractivity contribution in [2.45, 2.75) is 0 Å². The Labute approximate surface area is 80.6 Å². The van der Waals surface area contributed by atoms with Crippen LogP contribution in [0, 0.1) is 23.2 Å². The third kappa shape index (κ3) is 2.86. The molecule has 0 aromatic carbocycles. The molecule has 0 amide bonds. The standard InChI is InChI=1S/C9H5N5/c10-7-9-6-8(3-5-12-9)2-1-4-13-14-11/h3,5-6H,4H2. The fraction of sp³-hybridized carbons (Fsp3) is 0.111. The van der Waals surface area contributed by atoms with Gasteiger partial charge in [0.25, 0.3) is 0 Å². The van der Waals surface area contributed by atoms with Gasteiger partial charge >= 0.3 is 0 Å². The van der Waals surface area contributed by atoms with E-state index in [1.165, 1.54) is 6.20 Å². The molecule has 0 atom stereocenters. The van der Waals surface area contributed by atoms with Crippen molar-refractivity contribution in [2.24, 2.45) is 5.11 Å². The number of aromatic nitrogens is 1. The first-order valence-corrected chi connectivity index (χ1v) is 3.72. The molecule has 1 aromatic rings. The maximum absolute atomic E-state index is 8.54. The van der Waals surface area contributed by atoms with Gasteiger partial charge in [-0.25, -0.2) is 4.98 Å². The Bertz CT molecular complexity index is 468. The second kappa shape index (κ2) is 5.21. The highest BCUT2D eigenvalue weighted by atomic mass is 15.1. The lowest BCUT2D eigenvalue weighted by atomic mass is 10.2. The first-order valence-electron chi connectivity index (χ1n) is 3.72. The molecule has 1 aromatic heterocycles. The smallest absolute Gasteiger partial charge is 0.141 e. The second-order valence-electron chi connectivity index (χ2n) is 2.23. The number of hydrogen-bond acceptors (Lipinski definition) is 3. The molecule has 0 fully saturated rings. The molecular formula is C9H5N5. The van der Waals surface area contributed by atoms with Gasteiger partial charge in [-0.1, -0.05) is 17.0 Å². The first kappa shape index (κ1) is 9.60.